The number of nitrogens with one attached hydrogen (secondary N) is 1. The molecule has 0 aliphatic rings. The minimum absolute atomic E-state index is 0.0542. The number of H-pyrrole nitrogens is 1. The largest absolute Gasteiger partial charge is 0.377 e. The third-order valence-corrected chi connectivity index (χ3v) is 3.97. The Morgan fingerprint density at radius 1 is 1.21 bits per heavy atom. The first-order valence-electron chi connectivity index (χ1n) is 5.76. The average molecular weight is 282 g/mol. The average Bonchev–Trinajstić information content (AvgIpc) is 2.94. The van der Waals surface area contributed by atoms with E-state index in [0.29, 0.717) is 19.6 Å². The Hall–Kier alpha value is -1.80. The highest BCUT2D eigenvalue weighted by Crippen LogP contribution is 2.05. The van der Waals surface area contributed by atoms with Crippen LogP contribution >= 0.6 is 0 Å². The van der Waals surface area contributed by atoms with Crippen LogP contribution in [-0.4, -0.2) is 41.4 Å². The van der Waals surface area contributed by atoms with Gasteiger partial charge in [-0.15, -0.1) is 5.10 Å². The minimum atomic E-state index is -3.46. The van der Waals surface area contributed by atoms with Gasteiger partial charge in [-0.1, -0.05) is 35.4 Å². The van der Waals surface area contributed by atoms with Crippen LogP contribution in [0.4, 0.5) is 0 Å². The van der Waals surface area contributed by atoms with Crippen LogP contribution in [-0.2, 0) is 21.2 Å². The maximum Gasteiger partial charge on any atom is 0.288 e. The Kier molecular flexibility index (Phi) is 4.58. The van der Waals surface area contributed by atoms with E-state index in [9.17, 15) is 8.42 Å². The zero-order chi connectivity index (χ0) is 13.6. The number of hydrogen-bond acceptors (Lipinski definition) is 6. The van der Waals surface area contributed by atoms with Gasteiger partial charge < -0.3 is 4.74 Å². The number of tetrazole rings is 1. The second-order valence-electron chi connectivity index (χ2n) is 3.90. The number of sulfone groups is 1. The zero-order valence-electron chi connectivity index (χ0n) is 10.2. The molecule has 2 aromatic rings. The summed E-state index contributed by atoms with van der Waals surface area (Å²) >= 11 is 0. The highest BCUT2D eigenvalue weighted by Gasteiger charge is 2.18. The van der Waals surface area contributed by atoms with Crippen molar-refractivity contribution < 1.29 is 13.2 Å². The standard InChI is InChI=1S/C11H14N4O3S/c16-19(17,11-12-14-15-13-11)8-4-7-18-9-10-5-2-1-3-6-10/h1-3,5-6H,4,7-9H2,(H,12,13,14,15). The molecular formula is C11H14N4O3S. The number of hydrogen-bond donors (Lipinski definition) is 1. The van der Waals surface area contributed by atoms with Crippen LogP contribution in [0.25, 0.3) is 0 Å². The SMILES string of the molecule is O=S(=O)(CCCOCc1ccccc1)c1nn[nH]n1. The van der Waals surface area contributed by atoms with Gasteiger partial charge in [-0.25, -0.2) is 8.42 Å². The molecule has 1 aromatic carbocycles. The lowest BCUT2D eigenvalue weighted by Gasteiger charge is -2.03. The minimum Gasteiger partial charge on any atom is -0.377 e. The second-order valence-corrected chi connectivity index (χ2v) is 5.91. The van der Waals surface area contributed by atoms with Crippen molar-refractivity contribution in [1.82, 2.24) is 20.6 Å². The van der Waals surface area contributed by atoms with Crippen molar-refractivity contribution in [2.24, 2.45) is 0 Å². The molecule has 0 atom stereocenters. The summed E-state index contributed by atoms with van der Waals surface area (Å²) < 4.78 is 28.8. The molecule has 1 aromatic heterocycles. The van der Waals surface area contributed by atoms with Gasteiger partial charge >= 0.3 is 0 Å². The molecule has 0 aliphatic carbocycles. The quantitative estimate of drug-likeness (QED) is 0.746. The molecule has 19 heavy (non-hydrogen) atoms. The van der Waals surface area contributed by atoms with Gasteiger partial charge in [-0.3, -0.25) is 0 Å². The molecule has 2 rings (SSSR count). The van der Waals surface area contributed by atoms with Crippen molar-refractivity contribution in [2.45, 2.75) is 18.2 Å². The van der Waals surface area contributed by atoms with Gasteiger partial charge in [0.25, 0.3) is 5.16 Å². The van der Waals surface area contributed by atoms with Crippen LogP contribution in [0.3, 0.4) is 0 Å². The Morgan fingerprint density at radius 2 is 2.00 bits per heavy atom. The summed E-state index contributed by atoms with van der Waals surface area (Å²) in [7, 11) is -3.46. The van der Waals surface area contributed by atoms with E-state index in [1.165, 1.54) is 0 Å². The summed E-state index contributed by atoms with van der Waals surface area (Å²) in [6.07, 6.45) is 0.393. The predicted octanol–water partition coefficient (Wildman–Crippen LogP) is 0.580. The monoisotopic (exact) mass is 282 g/mol. The van der Waals surface area contributed by atoms with Crippen LogP contribution in [0.5, 0.6) is 0 Å². The molecule has 0 amide bonds. The first kappa shape index (κ1) is 13.6. The Morgan fingerprint density at radius 3 is 2.68 bits per heavy atom. The fourth-order valence-electron chi connectivity index (χ4n) is 1.49. The van der Waals surface area contributed by atoms with Crippen molar-refractivity contribution >= 4 is 9.84 Å². The molecule has 0 saturated carbocycles. The second kappa shape index (κ2) is 6.39. The number of aromatic amines is 1. The Labute approximate surface area is 110 Å². The van der Waals surface area contributed by atoms with E-state index in [2.05, 4.69) is 20.6 Å². The summed E-state index contributed by atoms with van der Waals surface area (Å²) in [6.45, 7) is 0.842. The number of aromatic nitrogens is 4. The Balaban J connectivity index is 1.70. The van der Waals surface area contributed by atoms with Crippen LogP contribution in [0.2, 0.25) is 0 Å². The molecule has 0 bridgehead atoms. The van der Waals surface area contributed by atoms with Gasteiger partial charge in [0.2, 0.25) is 9.84 Å². The smallest absolute Gasteiger partial charge is 0.288 e. The van der Waals surface area contributed by atoms with Gasteiger partial charge in [0, 0.05) is 6.61 Å². The van der Waals surface area contributed by atoms with Crippen LogP contribution in [0.15, 0.2) is 35.5 Å². The number of rotatable bonds is 7. The van der Waals surface area contributed by atoms with Crippen LogP contribution in [0, 0.1) is 0 Å². The topological polar surface area (TPSA) is 97.8 Å². The summed E-state index contributed by atoms with van der Waals surface area (Å²) in [5, 5.41) is 12.0. The molecular weight excluding hydrogens is 268 g/mol. The van der Waals surface area contributed by atoms with Gasteiger partial charge in [-0.2, -0.15) is 5.21 Å². The van der Waals surface area contributed by atoms with Gasteiger partial charge in [-0.05, 0) is 17.2 Å². The summed E-state index contributed by atoms with van der Waals surface area (Å²) in [6, 6.07) is 9.70. The molecule has 0 radical (unpaired) electrons. The lowest BCUT2D eigenvalue weighted by atomic mass is 10.2. The Bertz CT molecular complexity index is 584. The van der Waals surface area contributed by atoms with Gasteiger partial charge in [0.15, 0.2) is 0 Å². The highest BCUT2D eigenvalue weighted by molar-refractivity contribution is 7.91. The third-order valence-electron chi connectivity index (χ3n) is 2.42. The fourth-order valence-corrected chi connectivity index (χ4v) is 2.52. The maximum absolute atomic E-state index is 11.7. The summed E-state index contributed by atoms with van der Waals surface area (Å²) in [5.41, 5.74) is 1.06. The molecule has 7 nitrogen and oxygen atoms in total. The van der Waals surface area contributed by atoms with Crippen molar-refractivity contribution in [3.05, 3.63) is 35.9 Å². The van der Waals surface area contributed by atoms with E-state index in [-0.39, 0.29) is 10.9 Å². The van der Waals surface area contributed by atoms with Crippen molar-refractivity contribution in [1.29, 1.82) is 0 Å². The third kappa shape index (κ3) is 4.11. The summed E-state index contributed by atoms with van der Waals surface area (Å²) in [4.78, 5) is 0. The van der Waals surface area contributed by atoms with Crippen LogP contribution < -0.4 is 0 Å². The molecule has 0 fully saturated rings. The number of nitrogens with zero attached hydrogens (tertiary/aromatic N) is 3. The molecule has 1 N–H and O–H groups in total. The van der Waals surface area contributed by atoms with Crippen LogP contribution in [0.1, 0.15) is 12.0 Å². The number of benzene rings is 1. The summed E-state index contributed by atoms with van der Waals surface area (Å²) in [5.74, 6) is -0.0542. The molecule has 0 aliphatic heterocycles. The molecule has 1 heterocycles. The fraction of sp³-hybridized carbons (Fsp3) is 0.364. The van der Waals surface area contributed by atoms with E-state index in [1.807, 2.05) is 30.3 Å². The molecule has 8 heteroatoms. The van der Waals surface area contributed by atoms with Gasteiger partial charge in [0.05, 0.1) is 12.4 Å². The molecule has 102 valence electrons. The zero-order valence-corrected chi connectivity index (χ0v) is 11.0. The predicted molar refractivity (Wildman–Crippen MR) is 66.9 cm³/mol. The van der Waals surface area contributed by atoms with E-state index < -0.39 is 9.84 Å². The van der Waals surface area contributed by atoms with Crippen molar-refractivity contribution in [2.75, 3.05) is 12.4 Å². The van der Waals surface area contributed by atoms with Crippen molar-refractivity contribution in [3.8, 4) is 0 Å². The van der Waals surface area contributed by atoms with Gasteiger partial charge in [0.1, 0.15) is 0 Å². The highest BCUT2D eigenvalue weighted by atomic mass is 32.2. The molecule has 0 spiro atoms. The normalized spacial score (nSPS) is 11.6. The molecule has 0 saturated heterocycles. The maximum atomic E-state index is 11.7. The lowest BCUT2D eigenvalue weighted by molar-refractivity contribution is 0.122. The first-order chi connectivity index (χ1) is 9.18. The van der Waals surface area contributed by atoms with E-state index in [1.54, 1.807) is 0 Å². The van der Waals surface area contributed by atoms with E-state index in [0.717, 1.165) is 5.56 Å². The van der Waals surface area contributed by atoms with Crippen molar-refractivity contribution in [3.63, 3.8) is 0 Å². The first-order valence-corrected chi connectivity index (χ1v) is 7.41. The molecule has 0 unspecified atom stereocenters. The number of ether oxygens (including phenoxy) is 1. The van der Waals surface area contributed by atoms with E-state index >= 15 is 0 Å². The lowest BCUT2D eigenvalue weighted by Crippen LogP contribution is -2.11. The van der Waals surface area contributed by atoms with E-state index in [4.69, 9.17) is 4.74 Å².